The molecule has 4 heteroatoms. The molecule has 0 saturated heterocycles. The third-order valence-corrected chi connectivity index (χ3v) is 2.26. The second-order valence-electron chi connectivity index (χ2n) is 3.59. The van der Waals surface area contributed by atoms with Crippen LogP contribution < -0.4 is 5.32 Å². The number of aryl methyl sites for hydroxylation is 1. The zero-order valence-corrected chi connectivity index (χ0v) is 9.49. The quantitative estimate of drug-likeness (QED) is 0.779. The number of terminal acetylenes is 1. The van der Waals surface area contributed by atoms with E-state index in [1.165, 1.54) is 12.1 Å². The summed E-state index contributed by atoms with van der Waals surface area (Å²) >= 11 is 0. The SMILES string of the molecule is C#CCCC(=O)Nc1cc(C(=O)O)ccc1C. The van der Waals surface area contributed by atoms with E-state index in [2.05, 4.69) is 11.2 Å². The molecular formula is C13H13NO3. The van der Waals surface area contributed by atoms with Gasteiger partial charge in [-0.15, -0.1) is 12.3 Å². The van der Waals surface area contributed by atoms with Crippen LogP contribution in [0.15, 0.2) is 18.2 Å². The van der Waals surface area contributed by atoms with Crippen LogP contribution in [0, 0.1) is 19.3 Å². The van der Waals surface area contributed by atoms with Gasteiger partial charge in [-0.3, -0.25) is 4.79 Å². The summed E-state index contributed by atoms with van der Waals surface area (Å²) < 4.78 is 0. The Balaban J connectivity index is 2.83. The lowest BCUT2D eigenvalue weighted by Gasteiger charge is -2.08. The molecule has 0 radical (unpaired) electrons. The van der Waals surface area contributed by atoms with Crippen molar-refractivity contribution in [3.05, 3.63) is 29.3 Å². The van der Waals surface area contributed by atoms with Crippen molar-refractivity contribution in [1.29, 1.82) is 0 Å². The van der Waals surface area contributed by atoms with Gasteiger partial charge in [0.1, 0.15) is 0 Å². The molecule has 0 aliphatic rings. The fraction of sp³-hybridized carbons (Fsp3) is 0.231. The monoisotopic (exact) mass is 231 g/mol. The Morgan fingerprint density at radius 3 is 2.76 bits per heavy atom. The first-order valence-electron chi connectivity index (χ1n) is 5.12. The topological polar surface area (TPSA) is 66.4 Å². The van der Waals surface area contributed by atoms with Gasteiger partial charge in [-0.05, 0) is 24.6 Å². The highest BCUT2D eigenvalue weighted by Gasteiger charge is 2.08. The Kier molecular flexibility index (Phi) is 4.29. The highest BCUT2D eigenvalue weighted by atomic mass is 16.4. The van der Waals surface area contributed by atoms with E-state index in [1.54, 1.807) is 13.0 Å². The van der Waals surface area contributed by atoms with Crippen LogP contribution in [0.2, 0.25) is 0 Å². The van der Waals surface area contributed by atoms with Crippen molar-refractivity contribution in [2.75, 3.05) is 5.32 Å². The van der Waals surface area contributed by atoms with Gasteiger partial charge in [-0.25, -0.2) is 4.79 Å². The van der Waals surface area contributed by atoms with Gasteiger partial charge in [-0.2, -0.15) is 0 Å². The van der Waals surface area contributed by atoms with E-state index in [0.717, 1.165) is 5.56 Å². The summed E-state index contributed by atoms with van der Waals surface area (Å²) in [4.78, 5) is 22.2. The lowest BCUT2D eigenvalue weighted by molar-refractivity contribution is -0.116. The summed E-state index contributed by atoms with van der Waals surface area (Å²) in [7, 11) is 0. The number of carbonyl (C=O) groups is 2. The van der Waals surface area contributed by atoms with Gasteiger partial charge in [-0.1, -0.05) is 6.07 Å². The van der Waals surface area contributed by atoms with Crippen molar-refractivity contribution >= 4 is 17.6 Å². The molecule has 0 unspecified atom stereocenters. The van der Waals surface area contributed by atoms with Crippen molar-refractivity contribution in [2.24, 2.45) is 0 Å². The molecule has 0 atom stereocenters. The largest absolute Gasteiger partial charge is 0.478 e. The molecule has 4 nitrogen and oxygen atoms in total. The van der Waals surface area contributed by atoms with Gasteiger partial charge in [0.25, 0.3) is 0 Å². The lowest BCUT2D eigenvalue weighted by Crippen LogP contribution is -2.12. The van der Waals surface area contributed by atoms with Crippen LogP contribution in [-0.4, -0.2) is 17.0 Å². The first-order valence-corrected chi connectivity index (χ1v) is 5.12. The van der Waals surface area contributed by atoms with E-state index in [-0.39, 0.29) is 17.9 Å². The van der Waals surface area contributed by atoms with Gasteiger partial charge < -0.3 is 10.4 Å². The molecule has 17 heavy (non-hydrogen) atoms. The van der Waals surface area contributed by atoms with Gasteiger partial charge >= 0.3 is 5.97 Å². The Labute approximate surface area is 99.7 Å². The van der Waals surface area contributed by atoms with E-state index >= 15 is 0 Å². The van der Waals surface area contributed by atoms with Gasteiger partial charge in [0.15, 0.2) is 0 Å². The number of amides is 1. The van der Waals surface area contributed by atoms with Crippen LogP contribution in [0.3, 0.4) is 0 Å². The fourth-order valence-corrected chi connectivity index (χ4v) is 1.29. The van der Waals surface area contributed by atoms with Gasteiger partial charge in [0.05, 0.1) is 5.56 Å². The molecular weight excluding hydrogens is 218 g/mol. The minimum absolute atomic E-state index is 0.142. The molecule has 0 saturated carbocycles. The van der Waals surface area contributed by atoms with Crippen LogP contribution in [-0.2, 0) is 4.79 Å². The van der Waals surface area contributed by atoms with Crippen LogP contribution in [0.4, 0.5) is 5.69 Å². The molecule has 0 aliphatic carbocycles. The number of hydrogen-bond acceptors (Lipinski definition) is 2. The number of carboxylic acid groups (broad SMARTS) is 1. The molecule has 88 valence electrons. The molecule has 1 aromatic rings. The van der Waals surface area contributed by atoms with Crippen LogP contribution in [0.25, 0.3) is 0 Å². The van der Waals surface area contributed by atoms with Crippen LogP contribution in [0.1, 0.15) is 28.8 Å². The maximum absolute atomic E-state index is 11.5. The summed E-state index contributed by atoms with van der Waals surface area (Å²) in [6.45, 7) is 1.79. The minimum atomic E-state index is -1.02. The van der Waals surface area contributed by atoms with E-state index in [1.807, 2.05) is 0 Å². The summed E-state index contributed by atoms with van der Waals surface area (Å²) in [5.41, 5.74) is 1.46. The molecule has 2 N–H and O–H groups in total. The van der Waals surface area contributed by atoms with Crippen molar-refractivity contribution in [3.8, 4) is 12.3 Å². The first-order chi connectivity index (χ1) is 8.04. The summed E-state index contributed by atoms with van der Waals surface area (Å²) in [5, 5.41) is 11.5. The number of hydrogen-bond donors (Lipinski definition) is 2. The smallest absolute Gasteiger partial charge is 0.335 e. The summed E-state index contributed by atoms with van der Waals surface area (Å²) in [5.74, 6) is 1.14. The molecule has 0 aliphatic heterocycles. The molecule has 0 bridgehead atoms. The maximum Gasteiger partial charge on any atom is 0.335 e. The molecule has 1 amide bonds. The zero-order valence-electron chi connectivity index (χ0n) is 9.49. The molecule has 0 spiro atoms. The predicted octanol–water partition coefficient (Wildman–Crippen LogP) is 2.05. The number of carboxylic acids is 1. The normalized spacial score (nSPS) is 9.41. The minimum Gasteiger partial charge on any atom is -0.478 e. The standard InChI is InChI=1S/C13H13NO3/c1-3-4-5-12(15)14-11-8-10(13(16)17)7-6-9(11)2/h1,6-8H,4-5H2,2H3,(H,14,15)(H,16,17). The number of rotatable bonds is 4. The molecule has 1 aromatic carbocycles. The molecule has 1 rings (SSSR count). The third kappa shape index (κ3) is 3.65. The van der Waals surface area contributed by atoms with Crippen molar-refractivity contribution in [1.82, 2.24) is 0 Å². The average Bonchev–Trinajstić information content (AvgIpc) is 2.29. The second-order valence-corrected chi connectivity index (χ2v) is 3.59. The van der Waals surface area contributed by atoms with Crippen molar-refractivity contribution < 1.29 is 14.7 Å². The Morgan fingerprint density at radius 2 is 2.18 bits per heavy atom. The summed E-state index contributed by atoms with van der Waals surface area (Å²) in [6.07, 6.45) is 5.65. The third-order valence-electron chi connectivity index (χ3n) is 2.26. The molecule has 0 aromatic heterocycles. The van der Waals surface area contributed by atoms with E-state index in [0.29, 0.717) is 12.1 Å². The summed E-state index contributed by atoms with van der Waals surface area (Å²) in [6, 6.07) is 4.58. The predicted molar refractivity (Wildman–Crippen MR) is 64.8 cm³/mol. The molecule has 0 heterocycles. The van der Waals surface area contributed by atoms with E-state index < -0.39 is 5.97 Å². The number of aromatic carboxylic acids is 1. The number of benzene rings is 1. The van der Waals surface area contributed by atoms with Crippen LogP contribution >= 0.6 is 0 Å². The average molecular weight is 231 g/mol. The highest BCUT2D eigenvalue weighted by molar-refractivity contribution is 5.94. The Bertz CT molecular complexity index is 486. The Morgan fingerprint density at radius 1 is 1.47 bits per heavy atom. The maximum atomic E-state index is 11.5. The van der Waals surface area contributed by atoms with Crippen molar-refractivity contribution in [3.63, 3.8) is 0 Å². The number of nitrogens with one attached hydrogen (secondary N) is 1. The van der Waals surface area contributed by atoms with Gasteiger partial charge in [0, 0.05) is 18.5 Å². The highest BCUT2D eigenvalue weighted by Crippen LogP contribution is 2.17. The zero-order chi connectivity index (χ0) is 12.8. The van der Waals surface area contributed by atoms with E-state index in [9.17, 15) is 9.59 Å². The Hall–Kier alpha value is -2.28. The second kappa shape index (κ2) is 5.71. The first kappa shape index (κ1) is 12.8. The number of anilines is 1. The van der Waals surface area contributed by atoms with E-state index in [4.69, 9.17) is 11.5 Å². The number of carbonyl (C=O) groups excluding carboxylic acids is 1. The lowest BCUT2D eigenvalue weighted by atomic mass is 10.1. The van der Waals surface area contributed by atoms with Crippen LogP contribution in [0.5, 0.6) is 0 Å². The molecule has 0 fully saturated rings. The van der Waals surface area contributed by atoms with Gasteiger partial charge in [0.2, 0.25) is 5.91 Å². The van der Waals surface area contributed by atoms with Crippen molar-refractivity contribution in [2.45, 2.75) is 19.8 Å². The fourth-order valence-electron chi connectivity index (χ4n) is 1.29.